The summed E-state index contributed by atoms with van der Waals surface area (Å²) in [6, 6.07) is 5.98. The lowest BCUT2D eigenvalue weighted by Crippen LogP contribution is -1.85. The van der Waals surface area contributed by atoms with Gasteiger partial charge in [-0.05, 0) is 12.1 Å². The Morgan fingerprint density at radius 2 is 2.07 bits per heavy atom. The van der Waals surface area contributed by atoms with E-state index < -0.39 is 5.82 Å². The van der Waals surface area contributed by atoms with E-state index in [-0.39, 0.29) is 5.56 Å². The van der Waals surface area contributed by atoms with E-state index in [1.54, 1.807) is 6.07 Å². The topological polar surface area (TPSA) is 28.7 Å². The van der Waals surface area contributed by atoms with E-state index in [2.05, 4.69) is 10.2 Å². The van der Waals surface area contributed by atoms with E-state index in [1.807, 2.05) is 0 Å². The zero-order valence-electron chi connectivity index (χ0n) is 6.89. The maximum atomic E-state index is 13.4. The van der Waals surface area contributed by atoms with Crippen LogP contribution in [0.15, 0.2) is 24.3 Å². The molecule has 72 valence electrons. The lowest BCUT2D eigenvalue weighted by molar-refractivity contribution is 0.630. The minimum absolute atomic E-state index is 0.261. The number of aromatic amines is 1. The van der Waals surface area contributed by atoms with E-state index in [4.69, 9.17) is 23.2 Å². The molecule has 0 aliphatic heterocycles. The maximum absolute atomic E-state index is 13.4. The van der Waals surface area contributed by atoms with E-state index >= 15 is 0 Å². The van der Waals surface area contributed by atoms with Gasteiger partial charge in [-0.15, -0.1) is 0 Å². The number of nitrogens with zero attached hydrogens (tertiary/aromatic N) is 1. The fraction of sp³-hybridized carbons (Fsp3) is 0. The Bertz CT molecular complexity index is 447. The smallest absolute Gasteiger partial charge is 0.134 e. The minimum atomic E-state index is -0.416. The van der Waals surface area contributed by atoms with Crippen molar-refractivity contribution in [3.05, 3.63) is 40.3 Å². The number of hydrogen-bond acceptors (Lipinski definition) is 1. The first-order chi connectivity index (χ1) is 6.68. The first kappa shape index (κ1) is 9.49. The van der Waals surface area contributed by atoms with Crippen LogP contribution in [0.4, 0.5) is 4.39 Å². The number of H-pyrrole nitrogens is 1. The Labute approximate surface area is 89.7 Å². The second-order valence-electron chi connectivity index (χ2n) is 2.70. The van der Waals surface area contributed by atoms with Crippen LogP contribution in [0, 0.1) is 5.82 Å². The van der Waals surface area contributed by atoms with Crippen LogP contribution < -0.4 is 0 Å². The highest BCUT2D eigenvalue weighted by Crippen LogP contribution is 2.29. The SMILES string of the molecule is Fc1cccc(Cl)c1-c1cc(Cl)[nH]n1. The van der Waals surface area contributed by atoms with Crippen molar-refractivity contribution < 1.29 is 4.39 Å². The van der Waals surface area contributed by atoms with E-state index in [1.165, 1.54) is 18.2 Å². The van der Waals surface area contributed by atoms with Crippen molar-refractivity contribution in [2.75, 3.05) is 0 Å². The lowest BCUT2D eigenvalue weighted by Gasteiger charge is -2.00. The third-order valence-electron chi connectivity index (χ3n) is 1.77. The Morgan fingerprint density at radius 1 is 1.29 bits per heavy atom. The first-order valence-electron chi connectivity index (χ1n) is 3.84. The number of benzene rings is 1. The van der Waals surface area contributed by atoms with Crippen LogP contribution in [0.25, 0.3) is 11.3 Å². The average molecular weight is 231 g/mol. The molecule has 0 unspecified atom stereocenters. The zero-order valence-corrected chi connectivity index (χ0v) is 8.40. The van der Waals surface area contributed by atoms with Crippen molar-refractivity contribution in [3.8, 4) is 11.3 Å². The molecule has 0 bridgehead atoms. The van der Waals surface area contributed by atoms with Crippen molar-refractivity contribution in [2.24, 2.45) is 0 Å². The molecule has 0 radical (unpaired) electrons. The van der Waals surface area contributed by atoms with E-state index in [0.717, 1.165) is 0 Å². The summed E-state index contributed by atoms with van der Waals surface area (Å²) in [6.07, 6.45) is 0. The van der Waals surface area contributed by atoms with Crippen LogP contribution in [0.1, 0.15) is 0 Å². The van der Waals surface area contributed by atoms with Gasteiger partial charge in [-0.1, -0.05) is 29.3 Å². The van der Waals surface area contributed by atoms with Crippen molar-refractivity contribution >= 4 is 23.2 Å². The standard InChI is InChI=1S/C9H5Cl2FN2/c10-5-2-1-3-6(12)9(5)7-4-8(11)14-13-7/h1-4H,(H,13,14). The van der Waals surface area contributed by atoms with Crippen molar-refractivity contribution in [1.82, 2.24) is 10.2 Å². The molecule has 0 aliphatic rings. The lowest BCUT2D eigenvalue weighted by atomic mass is 10.1. The van der Waals surface area contributed by atoms with Crippen LogP contribution in [-0.4, -0.2) is 10.2 Å². The minimum Gasteiger partial charge on any atom is -0.267 e. The van der Waals surface area contributed by atoms with Gasteiger partial charge in [0, 0.05) is 6.07 Å². The third kappa shape index (κ3) is 1.61. The molecule has 14 heavy (non-hydrogen) atoms. The van der Waals surface area contributed by atoms with Gasteiger partial charge in [0.1, 0.15) is 11.0 Å². The second-order valence-corrected chi connectivity index (χ2v) is 3.51. The van der Waals surface area contributed by atoms with Crippen molar-refractivity contribution in [2.45, 2.75) is 0 Å². The summed E-state index contributed by atoms with van der Waals surface area (Å²) in [5.74, 6) is -0.416. The van der Waals surface area contributed by atoms with Gasteiger partial charge in [0.25, 0.3) is 0 Å². The van der Waals surface area contributed by atoms with Gasteiger partial charge < -0.3 is 0 Å². The average Bonchev–Trinajstić information content (AvgIpc) is 2.51. The number of rotatable bonds is 1. The molecule has 1 N–H and O–H groups in total. The monoisotopic (exact) mass is 230 g/mol. The highest BCUT2D eigenvalue weighted by Gasteiger charge is 2.11. The fourth-order valence-electron chi connectivity index (χ4n) is 1.17. The molecule has 1 aromatic heterocycles. The maximum Gasteiger partial charge on any atom is 0.134 e. The highest BCUT2D eigenvalue weighted by molar-refractivity contribution is 6.33. The molecule has 5 heteroatoms. The zero-order chi connectivity index (χ0) is 10.1. The molecule has 0 fully saturated rings. The van der Waals surface area contributed by atoms with Crippen molar-refractivity contribution in [3.63, 3.8) is 0 Å². The Morgan fingerprint density at radius 3 is 2.64 bits per heavy atom. The van der Waals surface area contributed by atoms with Gasteiger partial charge in [0.15, 0.2) is 0 Å². The molecular formula is C9H5Cl2FN2. The summed E-state index contributed by atoms with van der Waals surface area (Å²) in [5, 5.41) is 7.00. The largest absolute Gasteiger partial charge is 0.267 e. The molecule has 0 saturated carbocycles. The molecule has 2 nitrogen and oxygen atoms in total. The summed E-state index contributed by atoms with van der Waals surface area (Å²) < 4.78 is 13.4. The van der Waals surface area contributed by atoms with Gasteiger partial charge in [0.05, 0.1) is 16.3 Å². The van der Waals surface area contributed by atoms with Crippen LogP contribution >= 0.6 is 23.2 Å². The summed E-state index contributed by atoms with van der Waals surface area (Å²) >= 11 is 11.5. The molecular weight excluding hydrogens is 226 g/mol. The number of aromatic nitrogens is 2. The summed E-state index contributed by atoms with van der Waals surface area (Å²) in [7, 11) is 0. The van der Waals surface area contributed by atoms with E-state index in [0.29, 0.717) is 15.9 Å². The van der Waals surface area contributed by atoms with Crippen LogP contribution in [0.5, 0.6) is 0 Å². The Kier molecular flexibility index (Phi) is 2.44. The molecule has 0 aliphatic carbocycles. The quantitative estimate of drug-likeness (QED) is 0.798. The second kappa shape index (κ2) is 3.59. The highest BCUT2D eigenvalue weighted by atomic mass is 35.5. The molecule has 0 saturated heterocycles. The number of halogens is 3. The van der Waals surface area contributed by atoms with Gasteiger partial charge in [0.2, 0.25) is 0 Å². The molecule has 0 spiro atoms. The van der Waals surface area contributed by atoms with Crippen LogP contribution in [0.3, 0.4) is 0 Å². The Balaban J connectivity index is 2.61. The van der Waals surface area contributed by atoms with Crippen molar-refractivity contribution in [1.29, 1.82) is 0 Å². The normalized spacial score (nSPS) is 10.5. The summed E-state index contributed by atoms with van der Waals surface area (Å²) in [6.45, 7) is 0. The molecule has 0 atom stereocenters. The molecule has 1 heterocycles. The molecule has 1 aromatic carbocycles. The molecule has 2 rings (SSSR count). The van der Waals surface area contributed by atoms with Gasteiger partial charge in [-0.2, -0.15) is 5.10 Å². The number of hydrogen-bond donors (Lipinski definition) is 1. The Hall–Kier alpha value is -1.06. The predicted octanol–water partition coefficient (Wildman–Crippen LogP) is 3.52. The van der Waals surface area contributed by atoms with Gasteiger partial charge in [-0.25, -0.2) is 4.39 Å². The number of nitrogens with one attached hydrogen (secondary N) is 1. The van der Waals surface area contributed by atoms with E-state index in [9.17, 15) is 4.39 Å². The third-order valence-corrected chi connectivity index (χ3v) is 2.27. The van der Waals surface area contributed by atoms with Crippen LogP contribution in [0.2, 0.25) is 10.2 Å². The van der Waals surface area contributed by atoms with Crippen LogP contribution in [-0.2, 0) is 0 Å². The predicted molar refractivity (Wildman–Crippen MR) is 54.0 cm³/mol. The molecule has 0 amide bonds. The summed E-state index contributed by atoms with van der Waals surface area (Å²) in [5.41, 5.74) is 0.662. The van der Waals surface area contributed by atoms with Gasteiger partial charge in [-0.3, -0.25) is 5.10 Å². The first-order valence-corrected chi connectivity index (χ1v) is 4.59. The summed E-state index contributed by atoms with van der Waals surface area (Å²) in [4.78, 5) is 0. The van der Waals surface area contributed by atoms with Gasteiger partial charge >= 0.3 is 0 Å². The molecule has 2 aromatic rings. The fourth-order valence-corrected chi connectivity index (χ4v) is 1.57.